The Balaban J connectivity index is 0. The molecule has 0 saturated carbocycles. The molecule has 101 valence electrons. The van der Waals surface area contributed by atoms with Crippen LogP contribution in [0.5, 0.6) is 0 Å². The third kappa shape index (κ3) is 18.0. The number of aliphatic carboxylic acids is 1. The molecule has 0 heterocycles. The predicted molar refractivity (Wildman–Crippen MR) is 71.3 cm³/mol. The Hall–Kier alpha value is -0.570. The normalized spacial score (nSPS) is 11.5. The van der Waals surface area contributed by atoms with Gasteiger partial charge in [-0.3, -0.25) is 0 Å². The van der Waals surface area contributed by atoms with Crippen LogP contribution in [-0.4, -0.2) is 22.3 Å². The summed E-state index contributed by atoms with van der Waals surface area (Å²) in [6, 6.07) is 0. The number of hydrogen-bond donors (Lipinski definition) is 2. The number of unbranched alkanes of at least 4 members (excludes halogenated alkanes) is 6. The highest BCUT2D eigenvalue weighted by atomic mass is 16.4. The molecule has 0 aliphatic heterocycles. The maximum absolute atomic E-state index is 10.1. The van der Waals surface area contributed by atoms with E-state index in [1.165, 1.54) is 12.8 Å². The smallest absolute Gasteiger partial charge is 0.332 e. The summed E-state index contributed by atoms with van der Waals surface area (Å²) in [5, 5.41) is 17.1. The van der Waals surface area contributed by atoms with Crippen LogP contribution in [0, 0.1) is 20.8 Å². The Bertz CT molecular complexity index is 154. The van der Waals surface area contributed by atoms with Gasteiger partial charge in [0.1, 0.15) is 0 Å². The zero-order chi connectivity index (χ0) is 13.5. The molecule has 0 aromatic heterocycles. The Kier molecular flexibility index (Phi) is 17.1. The zero-order valence-corrected chi connectivity index (χ0v) is 10.9. The van der Waals surface area contributed by atoms with Crippen LogP contribution in [0.25, 0.3) is 0 Å². The molecular formula is C14H27O3. The van der Waals surface area contributed by atoms with E-state index in [1.54, 1.807) is 0 Å². The van der Waals surface area contributed by atoms with Crippen LogP contribution in [-0.2, 0) is 4.79 Å². The van der Waals surface area contributed by atoms with Crippen LogP contribution in [0.1, 0.15) is 57.8 Å². The minimum atomic E-state index is -1.18. The van der Waals surface area contributed by atoms with E-state index < -0.39 is 12.1 Å². The molecule has 0 aliphatic carbocycles. The largest absolute Gasteiger partial charge is 0.479 e. The van der Waals surface area contributed by atoms with Gasteiger partial charge in [-0.2, -0.15) is 0 Å². The maximum Gasteiger partial charge on any atom is 0.332 e. The average molecular weight is 243 g/mol. The second kappa shape index (κ2) is 15.4. The van der Waals surface area contributed by atoms with Crippen LogP contribution >= 0.6 is 0 Å². The molecule has 1 atom stereocenters. The van der Waals surface area contributed by atoms with Crippen molar-refractivity contribution in [2.24, 2.45) is 0 Å². The molecule has 0 amide bonds. The van der Waals surface area contributed by atoms with Crippen molar-refractivity contribution in [2.45, 2.75) is 63.9 Å². The van der Waals surface area contributed by atoms with Crippen molar-refractivity contribution in [1.82, 2.24) is 0 Å². The minimum Gasteiger partial charge on any atom is -0.479 e. The fraction of sp³-hybridized carbons (Fsp3) is 0.714. The zero-order valence-electron chi connectivity index (χ0n) is 10.9. The van der Waals surface area contributed by atoms with Gasteiger partial charge >= 0.3 is 5.97 Å². The fourth-order valence-electron chi connectivity index (χ4n) is 1.17. The fourth-order valence-corrected chi connectivity index (χ4v) is 1.17. The van der Waals surface area contributed by atoms with E-state index in [9.17, 15) is 4.79 Å². The first-order chi connectivity index (χ1) is 8.09. The molecule has 0 fully saturated rings. The first-order valence-corrected chi connectivity index (χ1v) is 6.38. The van der Waals surface area contributed by atoms with Gasteiger partial charge in [0, 0.05) is 0 Å². The molecule has 0 aromatic carbocycles. The van der Waals surface area contributed by atoms with Crippen molar-refractivity contribution < 1.29 is 15.0 Å². The molecule has 1 unspecified atom stereocenters. The van der Waals surface area contributed by atoms with Gasteiger partial charge in [-0.1, -0.05) is 72.1 Å². The van der Waals surface area contributed by atoms with Gasteiger partial charge in [-0.05, 0) is 6.42 Å². The molecule has 3 heteroatoms. The van der Waals surface area contributed by atoms with Crippen LogP contribution in [0.4, 0.5) is 0 Å². The lowest BCUT2D eigenvalue weighted by molar-refractivity contribution is -0.146. The van der Waals surface area contributed by atoms with Crippen molar-refractivity contribution in [3.05, 3.63) is 20.8 Å². The van der Waals surface area contributed by atoms with Gasteiger partial charge in [0.25, 0.3) is 0 Å². The average Bonchev–Trinajstić information content (AvgIpc) is 2.32. The third-order valence-electron chi connectivity index (χ3n) is 2.26. The SMILES string of the molecule is [CH2]CCCCCC(O)C(=O)O.[CH2]CCCC[CH2]. The minimum absolute atomic E-state index is 0.356. The van der Waals surface area contributed by atoms with Gasteiger partial charge in [0.2, 0.25) is 0 Å². The van der Waals surface area contributed by atoms with Crippen LogP contribution < -0.4 is 0 Å². The number of aliphatic hydroxyl groups excluding tert-OH is 1. The summed E-state index contributed by atoms with van der Waals surface area (Å²) in [5.74, 6) is -1.13. The van der Waals surface area contributed by atoms with E-state index in [2.05, 4.69) is 20.8 Å². The van der Waals surface area contributed by atoms with Crippen molar-refractivity contribution >= 4 is 5.97 Å². The number of rotatable bonds is 9. The monoisotopic (exact) mass is 243 g/mol. The van der Waals surface area contributed by atoms with E-state index in [-0.39, 0.29) is 0 Å². The van der Waals surface area contributed by atoms with Gasteiger partial charge in [0.15, 0.2) is 6.10 Å². The highest BCUT2D eigenvalue weighted by molar-refractivity contribution is 5.71. The molecule has 0 saturated heterocycles. The van der Waals surface area contributed by atoms with E-state index in [0.717, 1.165) is 38.5 Å². The van der Waals surface area contributed by atoms with Crippen molar-refractivity contribution in [3.8, 4) is 0 Å². The molecule has 2 N–H and O–H groups in total. The topological polar surface area (TPSA) is 57.5 Å². The molecule has 3 nitrogen and oxygen atoms in total. The first kappa shape index (κ1) is 18.8. The van der Waals surface area contributed by atoms with Gasteiger partial charge < -0.3 is 10.2 Å². The standard InChI is InChI=1S/C8H15O3.C6H12/c1-2-3-4-5-6-7(9)8(10)11;1-3-5-6-4-2/h7,9H,1-6H2,(H,10,11);1-6H2. The highest BCUT2D eigenvalue weighted by Gasteiger charge is 2.11. The van der Waals surface area contributed by atoms with Crippen LogP contribution in [0.15, 0.2) is 0 Å². The van der Waals surface area contributed by atoms with E-state index in [4.69, 9.17) is 10.2 Å². The number of carbonyl (C=O) groups is 1. The summed E-state index contributed by atoms with van der Waals surface area (Å²) >= 11 is 0. The van der Waals surface area contributed by atoms with E-state index >= 15 is 0 Å². The van der Waals surface area contributed by atoms with Crippen molar-refractivity contribution in [2.75, 3.05) is 0 Å². The van der Waals surface area contributed by atoms with Gasteiger partial charge in [0.05, 0.1) is 0 Å². The predicted octanol–water partition coefficient (Wildman–Crippen LogP) is 3.43. The molecule has 3 radical (unpaired) electrons. The lowest BCUT2D eigenvalue weighted by atomic mass is 10.1. The van der Waals surface area contributed by atoms with Gasteiger partial charge in [-0.25, -0.2) is 4.79 Å². The van der Waals surface area contributed by atoms with Crippen LogP contribution in [0.2, 0.25) is 0 Å². The van der Waals surface area contributed by atoms with E-state index in [1.807, 2.05) is 0 Å². The lowest BCUT2D eigenvalue weighted by Crippen LogP contribution is -2.18. The Morgan fingerprint density at radius 3 is 1.65 bits per heavy atom. The number of carboxylic acids is 1. The second-order valence-corrected chi connectivity index (χ2v) is 3.97. The summed E-state index contributed by atoms with van der Waals surface area (Å²) < 4.78 is 0. The second-order valence-electron chi connectivity index (χ2n) is 3.97. The van der Waals surface area contributed by atoms with Gasteiger partial charge in [-0.15, -0.1) is 0 Å². The highest BCUT2D eigenvalue weighted by Crippen LogP contribution is 2.05. The lowest BCUT2D eigenvalue weighted by Gasteiger charge is -2.03. The molecule has 0 spiro atoms. The van der Waals surface area contributed by atoms with Crippen LogP contribution in [0.3, 0.4) is 0 Å². The Labute approximate surface area is 106 Å². The number of carboxylic acid groups (broad SMARTS) is 1. The molecule has 0 aromatic rings. The number of hydrogen-bond acceptors (Lipinski definition) is 2. The molecule has 17 heavy (non-hydrogen) atoms. The molecule has 0 aliphatic rings. The Morgan fingerprint density at radius 1 is 0.882 bits per heavy atom. The summed E-state index contributed by atoms with van der Waals surface area (Å²) in [6.45, 7) is 11.0. The maximum atomic E-state index is 10.1. The summed E-state index contributed by atoms with van der Waals surface area (Å²) in [4.78, 5) is 10.1. The first-order valence-electron chi connectivity index (χ1n) is 6.38. The van der Waals surface area contributed by atoms with Crippen molar-refractivity contribution in [3.63, 3.8) is 0 Å². The van der Waals surface area contributed by atoms with E-state index in [0.29, 0.717) is 6.42 Å². The molecule has 0 bridgehead atoms. The quantitative estimate of drug-likeness (QED) is 0.610. The summed E-state index contributed by atoms with van der Waals surface area (Å²) in [7, 11) is 0. The third-order valence-corrected chi connectivity index (χ3v) is 2.26. The molecule has 0 rings (SSSR count). The summed E-state index contributed by atoms with van der Waals surface area (Å²) in [5.41, 5.74) is 0. The van der Waals surface area contributed by atoms with Crippen molar-refractivity contribution in [1.29, 1.82) is 0 Å². The number of aliphatic hydroxyl groups is 1. The Morgan fingerprint density at radius 2 is 1.29 bits per heavy atom. The molecular weight excluding hydrogens is 216 g/mol. The summed E-state index contributed by atoms with van der Waals surface area (Å²) in [6.07, 6.45) is 7.39.